The monoisotopic (exact) mass is 396 g/mol. The Morgan fingerprint density at radius 1 is 0.645 bits per heavy atom. The zero-order chi connectivity index (χ0) is 20.8. The zero-order valence-electron chi connectivity index (χ0n) is 16.5. The lowest BCUT2D eigenvalue weighted by Crippen LogP contribution is -1.84. The minimum Gasteiger partial charge on any atom is -0.454 e. The number of rotatable bonds is 2. The van der Waals surface area contributed by atoms with Gasteiger partial charge in [0.15, 0.2) is 5.58 Å². The molecule has 0 N–H and O–H groups in total. The maximum absolute atomic E-state index is 8.97. The fourth-order valence-electron chi connectivity index (χ4n) is 4.07. The van der Waals surface area contributed by atoms with Gasteiger partial charge in [-0.05, 0) is 64.7 Å². The highest BCUT2D eigenvalue weighted by Gasteiger charge is 2.10. The van der Waals surface area contributed by atoms with Crippen LogP contribution in [0.4, 0.5) is 0 Å². The fourth-order valence-corrected chi connectivity index (χ4v) is 4.07. The van der Waals surface area contributed by atoms with Crippen molar-refractivity contribution in [3.8, 4) is 28.3 Å². The van der Waals surface area contributed by atoms with Gasteiger partial charge in [-0.15, -0.1) is 0 Å². The molecular weight excluding hydrogens is 380 g/mol. The van der Waals surface area contributed by atoms with Gasteiger partial charge in [0.1, 0.15) is 11.1 Å². The lowest BCUT2D eigenvalue weighted by molar-refractivity contribution is 0.669. The first-order valence-electron chi connectivity index (χ1n) is 10.1. The van der Waals surface area contributed by atoms with Crippen LogP contribution in [0.25, 0.3) is 55.2 Å². The van der Waals surface area contributed by atoms with Gasteiger partial charge in [0.25, 0.3) is 0 Å². The molecule has 0 aliphatic heterocycles. The second-order valence-corrected chi connectivity index (χ2v) is 7.61. The van der Waals surface area contributed by atoms with Gasteiger partial charge in [-0.2, -0.15) is 5.26 Å². The average Bonchev–Trinajstić information content (AvgIpc) is 3.20. The zero-order valence-corrected chi connectivity index (χ0v) is 16.5. The summed E-state index contributed by atoms with van der Waals surface area (Å²) < 4.78 is 6.00. The van der Waals surface area contributed by atoms with Crippen LogP contribution >= 0.6 is 0 Å². The lowest BCUT2D eigenvalue weighted by Gasteiger charge is -2.07. The smallest absolute Gasteiger partial charge is 0.154 e. The largest absolute Gasteiger partial charge is 0.454 e. The molecule has 0 saturated carbocycles. The number of hydrogen-bond acceptors (Lipinski definition) is 3. The summed E-state index contributed by atoms with van der Waals surface area (Å²) in [6, 6.07) is 34.7. The van der Waals surface area contributed by atoms with Crippen LogP contribution in [0, 0.1) is 11.3 Å². The summed E-state index contributed by atoms with van der Waals surface area (Å²) in [5, 5.41) is 11.1. The number of hydrogen-bond donors (Lipinski definition) is 0. The molecule has 0 spiro atoms. The van der Waals surface area contributed by atoms with Crippen molar-refractivity contribution in [1.29, 1.82) is 5.26 Å². The highest BCUT2D eigenvalue weighted by atomic mass is 16.3. The molecule has 0 atom stereocenters. The molecule has 0 aliphatic rings. The molecule has 0 unspecified atom stereocenters. The standard InChI is InChI=1S/C28H16N2O/c29-17-18-5-7-19(8-6-18)20-9-11-21(12-10-20)22-13-14-25-23(15-22)16-27-28(30-25)24-3-1-2-4-26(24)31-27/h1-16H. The van der Waals surface area contributed by atoms with Gasteiger partial charge in [-0.1, -0.05) is 54.6 Å². The van der Waals surface area contributed by atoms with Crippen molar-refractivity contribution in [2.75, 3.05) is 0 Å². The van der Waals surface area contributed by atoms with Crippen LogP contribution in [0.1, 0.15) is 5.56 Å². The molecule has 3 nitrogen and oxygen atoms in total. The molecule has 3 heteroatoms. The molecule has 0 saturated heterocycles. The Morgan fingerprint density at radius 2 is 1.29 bits per heavy atom. The normalized spacial score (nSPS) is 11.2. The minimum absolute atomic E-state index is 0.670. The molecular formula is C28H16N2O. The van der Waals surface area contributed by atoms with E-state index in [2.05, 4.69) is 54.6 Å². The van der Waals surface area contributed by atoms with E-state index in [0.717, 1.165) is 55.2 Å². The average molecular weight is 396 g/mol. The van der Waals surface area contributed by atoms with Gasteiger partial charge in [0.05, 0.1) is 17.1 Å². The summed E-state index contributed by atoms with van der Waals surface area (Å²) in [4.78, 5) is 4.85. The minimum atomic E-state index is 0.670. The van der Waals surface area contributed by atoms with Crippen LogP contribution < -0.4 is 0 Å². The first-order valence-corrected chi connectivity index (χ1v) is 10.1. The summed E-state index contributed by atoms with van der Waals surface area (Å²) in [6.45, 7) is 0. The summed E-state index contributed by atoms with van der Waals surface area (Å²) >= 11 is 0. The molecule has 6 aromatic rings. The second kappa shape index (κ2) is 6.83. The van der Waals surface area contributed by atoms with Crippen molar-refractivity contribution < 1.29 is 4.42 Å². The SMILES string of the molecule is N#Cc1ccc(-c2ccc(-c3ccc4nc5c(cc4c3)oc3ccccc35)cc2)cc1. The van der Waals surface area contributed by atoms with E-state index in [1.165, 1.54) is 0 Å². The third-order valence-corrected chi connectivity index (χ3v) is 5.71. The van der Waals surface area contributed by atoms with Crippen LogP contribution in [0.15, 0.2) is 101 Å². The number of para-hydroxylation sites is 1. The molecule has 4 aromatic carbocycles. The highest BCUT2D eigenvalue weighted by molar-refractivity contribution is 6.06. The van der Waals surface area contributed by atoms with Crippen LogP contribution in [0.2, 0.25) is 0 Å². The van der Waals surface area contributed by atoms with Crippen LogP contribution in [0.5, 0.6) is 0 Å². The van der Waals surface area contributed by atoms with Gasteiger partial charge >= 0.3 is 0 Å². The Labute approximate surface area is 178 Å². The Hall–Kier alpha value is -4.42. The molecule has 0 aliphatic carbocycles. The summed E-state index contributed by atoms with van der Waals surface area (Å²) in [6.07, 6.45) is 0. The Bertz CT molecular complexity index is 1620. The molecule has 0 radical (unpaired) electrons. The van der Waals surface area contributed by atoms with Crippen LogP contribution in [-0.4, -0.2) is 4.98 Å². The number of furan rings is 1. The predicted octanol–water partition coefficient (Wildman–Crippen LogP) is 7.34. The predicted molar refractivity (Wildman–Crippen MR) is 125 cm³/mol. The van der Waals surface area contributed by atoms with Gasteiger partial charge in [0, 0.05) is 10.8 Å². The van der Waals surface area contributed by atoms with Gasteiger partial charge in [-0.25, -0.2) is 4.98 Å². The Morgan fingerprint density at radius 3 is 2.03 bits per heavy atom. The van der Waals surface area contributed by atoms with E-state index in [1.54, 1.807) is 0 Å². The van der Waals surface area contributed by atoms with Crippen LogP contribution in [-0.2, 0) is 0 Å². The molecule has 31 heavy (non-hydrogen) atoms. The number of fused-ring (bicyclic) bond motifs is 4. The first-order chi connectivity index (χ1) is 15.3. The molecule has 2 heterocycles. The Balaban J connectivity index is 1.40. The molecule has 0 bridgehead atoms. The molecule has 0 fully saturated rings. The summed E-state index contributed by atoms with van der Waals surface area (Å²) in [5.41, 5.74) is 8.70. The Kier molecular flexibility index (Phi) is 3.84. The van der Waals surface area contributed by atoms with Gasteiger partial charge in [0.2, 0.25) is 0 Å². The third-order valence-electron chi connectivity index (χ3n) is 5.71. The molecule has 2 aromatic heterocycles. The van der Waals surface area contributed by atoms with E-state index in [4.69, 9.17) is 14.7 Å². The number of nitriles is 1. The van der Waals surface area contributed by atoms with Gasteiger partial charge in [-0.3, -0.25) is 0 Å². The number of pyridine rings is 1. The molecule has 0 amide bonds. The van der Waals surface area contributed by atoms with E-state index in [0.29, 0.717) is 5.56 Å². The van der Waals surface area contributed by atoms with E-state index in [1.807, 2.05) is 48.5 Å². The van der Waals surface area contributed by atoms with Crippen molar-refractivity contribution in [2.45, 2.75) is 0 Å². The van der Waals surface area contributed by atoms with Crippen molar-refractivity contribution in [1.82, 2.24) is 4.98 Å². The number of nitrogens with zero attached hydrogens (tertiary/aromatic N) is 2. The third kappa shape index (κ3) is 2.94. The number of benzene rings is 4. The van der Waals surface area contributed by atoms with Crippen molar-refractivity contribution in [2.24, 2.45) is 0 Å². The van der Waals surface area contributed by atoms with E-state index >= 15 is 0 Å². The summed E-state index contributed by atoms with van der Waals surface area (Å²) in [5.74, 6) is 0. The van der Waals surface area contributed by atoms with Gasteiger partial charge < -0.3 is 4.42 Å². The maximum atomic E-state index is 8.97. The lowest BCUT2D eigenvalue weighted by atomic mass is 9.99. The van der Waals surface area contributed by atoms with E-state index in [-0.39, 0.29) is 0 Å². The fraction of sp³-hybridized carbons (Fsp3) is 0. The van der Waals surface area contributed by atoms with E-state index in [9.17, 15) is 0 Å². The van der Waals surface area contributed by atoms with Crippen molar-refractivity contribution in [3.05, 3.63) is 103 Å². The first kappa shape index (κ1) is 17.4. The summed E-state index contributed by atoms with van der Waals surface area (Å²) in [7, 11) is 0. The van der Waals surface area contributed by atoms with Crippen molar-refractivity contribution >= 4 is 33.0 Å². The van der Waals surface area contributed by atoms with E-state index < -0.39 is 0 Å². The maximum Gasteiger partial charge on any atom is 0.154 e. The van der Waals surface area contributed by atoms with Crippen molar-refractivity contribution in [3.63, 3.8) is 0 Å². The molecule has 144 valence electrons. The molecule has 6 rings (SSSR count). The van der Waals surface area contributed by atoms with Crippen LogP contribution in [0.3, 0.4) is 0 Å². The quantitative estimate of drug-likeness (QED) is 0.308. The highest BCUT2D eigenvalue weighted by Crippen LogP contribution is 2.32. The number of aromatic nitrogens is 1. The topological polar surface area (TPSA) is 49.8 Å². The second-order valence-electron chi connectivity index (χ2n) is 7.61.